The fourth-order valence-corrected chi connectivity index (χ4v) is 2.29. The molecule has 1 heterocycles. The van der Waals surface area contributed by atoms with E-state index in [1.54, 1.807) is 17.4 Å². The predicted octanol–water partition coefficient (Wildman–Crippen LogP) is 2.70. The average Bonchev–Trinajstić information content (AvgIpc) is 2.34. The first-order chi connectivity index (χ1) is 4.75. The molecule has 54 valence electrons. The molecule has 0 aliphatic carbocycles. The molecule has 1 rings (SSSR count). The van der Waals surface area contributed by atoms with Crippen LogP contribution in [0, 0.1) is 0 Å². The first-order valence-corrected chi connectivity index (χ1v) is 4.54. The van der Waals surface area contributed by atoms with Crippen LogP contribution in [0.5, 0.6) is 0 Å². The van der Waals surface area contributed by atoms with Crippen molar-refractivity contribution in [1.29, 1.82) is 0 Å². The van der Waals surface area contributed by atoms with Gasteiger partial charge in [-0.15, -0.1) is 17.9 Å². The van der Waals surface area contributed by atoms with Crippen LogP contribution >= 0.6 is 27.3 Å². The number of thiophene rings is 1. The Morgan fingerprint density at radius 2 is 2.50 bits per heavy atom. The fraction of sp³-hybridized carbons (Fsp3) is 0.143. The number of halogens is 1. The molecule has 3 heteroatoms. The lowest BCUT2D eigenvalue weighted by Crippen LogP contribution is -2.04. The molecule has 0 spiro atoms. The zero-order valence-corrected chi connectivity index (χ0v) is 7.78. The fourth-order valence-electron chi connectivity index (χ4n) is 0.650. The Labute approximate surface area is 72.7 Å². The molecule has 1 aromatic rings. The van der Waals surface area contributed by atoms with E-state index in [2.05, 4.69) is 22.5 Å². The number of nitrogens with two attached hydrogens (primary N) is 1. The minimum Gasteiger partial charge on any atom is -0.320 e. The summed E-state index contributed by atoms with van der Waals surface area (Å²) in [6.45, 7) is 3.62. The van der Waals surface area contributed by atoms with Crippen LogP contribution in [0.1, 0.15) is 10.9 Å². The second-order valence-electron chi connectivity index (χ2n) is 1.89. The van der Waals surface area contributed by atoms with Crippen molar-refractivity contribution in [3.05, 3.63) is 33.5 Å². The van der Waals surface area contributed by atoms with Crippen molar-refractivity contribution in [2.24, 2.45) is 5.73 Å². The molecule has 0 radical (unpaired) electrons. The molecule has 0 saturated carbocycles. The van der Waals surface area contributed by atoms with Gasteiger partial charge in [0.05, 0.1) is 6.04 Å². The Morgan fingerprint density at radius 1 is 1.80 bits per heavy atom. The molecule has 1 nitrogen and oxygen atoms in total. The van der Waals surface area contributed by atoms with E-state index in [9.17, 15) is 0 Å². The maximum Gasteiger partial charge on any atom is 0.0584 e. The van der Waals surface area contributed by atoms with E-state index >= 15 is 0 Å². The highest BCUT2D eigenvalue weighted by Gasteiger charge is 2.05. The Hall–Kier alpha value is -0.120. The van der Waals surface area contributed by atoms with Gasteiger partial charge in [-0.1, -0.05) is 6.08 Å². The van der Waals surface area contributed by atoms with Gasteiger partial charge in [0.15, 0.2) is 0 Å². The quantitative estimate of drug-likeness (QED) is 0.759. The largest absolute Gasteiger partial charge is 0.320 e. The lowest BCUT2D eigenvalue weighted by atomic mass is 10.2. The summed E-state index contributed by atoms with van der Waals surface area (Å²) in [6, 6.07) is 1.96. The highest BCUT2D eigenvalue weighted by Crippen LogP contribution is 2.27. The van der Waals surface area contributed by atoms with Gasteiger partial charge in [0.2, 0.25) is 0 Å². The van der Waals surface area contributed by atoms with Crippen LogP contribution in [-0.2, 0) is 0 Å². The molecule has 0 aromatic carbocycles. The second kappa shape index (κ2) is 3.32. The second-order valence-corrected chi connectivity index (χ2v) is 3.70. The smallest absolute Gasteiger partial charge is 0.0584 e. The average molecular weight is 218 g/mol. The third kappa shape index (κ3) is 1.48. The molecular weight excluding hydrogens is 210 g/mol. The molecule has 2 N–H and O–H groups in total. The molecule has 0 bridgehead atoms. The SMILES string of the molecule is C=C[C@H](N)c1sccc1Br. The van der Waals surface area contributed by atoms with E-state index in [0.29, 0.717) is 0 Å². The number of hydrogen-bond acceptors (Lipinski definition) is 2. The van der Waals surface area contributed by atoms with Gasteiger partial charge in [-0.3, -0.25) is 0 Å². The van der Waals surface area contributed by atoms with Crippen LogP contribution in [0.2, 0.25) is 0 Å². The molecule has 0 aliphatic heterocycles. The summed E-state index contributed by atoms with van der Waals surface area (Å²) in [5.41, 5.74) is 5.70. The predicted molar refractivity (Wildman–Crippen MR) is 49.1 cm³/mol. The van der Waals surface area contributed by atoms with Crippen molar-refractivity contribution in [2.75, 3.05) is 0 Å². The summed E-state index contributed by atoms with van der Waals surface area (Å²) in [5, 5.41) is 2.00. The lowest BCUT2D eigenvalue weighted by molar-refractivity contribution is 0.934. The molecule has 0 unspecified atom stereocenters. The summed E-state index contributed by atoms with van der Waals surface area (Å²) >= 11 is 5.03. The molecule has 0 saturated heterocycles. The molecule has 1 aromatic heterocycles. The Bertz CT molecular complexity index is 231. The van der Waals surface area contributed by atoms with Gasteiger partial charge in [-0.05, 0) is 27.4 Å². The first kappa shape index (κ1) is 7.98. The third-order valence-electron chi connectivity index (χ3n) is 1.20. The van der Waals surface area contributed by atoms with Crippen molar-refractivity contribution >= 4 is 27.3 Å². The summed E-state index contributed by atoms with van der Waals surface area (Å²) < 4.78 is 1.07. The third-order valence-corrected chi connectivity index (χ3v) is 3.17. The van der Waals surface area contributed by atoms with E-state index in [4.69, 9.17) is 5.73 Å². The van der Waals surface area contributed by atoms with Crippen molar-refractivity contribution in [3.8, 4) is 0 Å². The summed E-state index contributed by atoms with van der Waals surface area (Å²) in [7, 11) is 0. The van der Waals surface area contributed by atoms with Crippen LogP contribution in [0.25, 0.3) is 0 Å². The van der Waals surface area contributed by atoms with Gasteiger partial charge < -0.3 is 5.73 Å². The number of rotatable bonds is 2. The Balaban J connectivity index is 2.92. The molecule has 0 aliphatic rings. The maximum atomic E-state index is 5.70. The summed E-state index contributed by atoms with van der Waals surface area (Å²) in [4.78, 5) is 1.13. The summed E-state index contributed by atoms with van der Waals surface area (Å²) in [6.07, 6.45) is 1.73. The van der Waals surface area contributed by atoms with Crippen molar-refractivity contribution in [1.82, 2.24) is 0 Å². The molecule has 0 fully saturated rings. The standard InChI is InChI=1S/C7H8BrNS/c1-2-6(9)7-5(8)3-4-10-7/h2-4,6H,1,9H2/t6-/m0/s1. The van der Waals surface area contributed by atoms with Crippen LogP contribution in [0.15, 0.2) is 28.6 Å². The zero-order valence-electron chi connectivity index (χ0n) is 5.38. The molecule has 10 heavy (non-hydrogen) atoms. The van der Waals surface area contributed by atoms with Crippen molar-refractivity contribution < 1.29 is 0 Å². The minimum absolute atomic E-state index is 0.0330. The molecular formula is C7H8BrNS. The highest BCUT2D eigenvalue weighted by molar-refractivity contribution is 9.10. The highest BCUT2D eigenvalue weighted by atomic mass is 79.9. The van der Waals surface area contributed by atoms with Gasteiger partial charge in [0.1, 0.15) is 0 Å². The van der Waals surface area contributed by atoms with E-state index in [1.807, 2.05) is 11.4 Å². The van der Waals surface area contributed by atoms with Gasteiger partial charge in [-0.25, -0.2) is 0 Å². The zero-order chi connectivity index (χ0) is 7.56. The normalized spacial score (nSPS) is 13.0. The first-order valence-electron chi connectivity index (χ1n) is 2.86. The van der Waals surface area contributed by atoms with Crippen LogP contribution in [0.4, 0.5) is 0 Å². The van der Waals surface area contributed by atoms with E-state index in [0.717, 1.165) is 9.35 Å². The van der Waals surface area contributed by atoms with Gasteiger partial charge in [0.25, 0.3) is 0 Å². The van der Waals surface area contributed by atoms with Gasteiger partial charge in [0, 0.05) is 9.35 Å². The molecule has 1 atom stereocenters. The maximum absolute atomic E-state index is 5.70. The molecule has 0 amide bonds. The Morgan fingerprint density at radius 3 is 2.90 bits per heavy atom. The topological polar surface area (TPSA) is 26.0 Å². The lowest BCUT2D eigenvalue weighted by Gasteiger charge is -2.01. The summed E-state index contributed by atoms with van der Waals surface area (Å²) in [5.74, 6) is 0. The minimum atomic E-state index is -0.0330. The van der Waals surface area contributed by atoms with Gasteiger partial charge >= 0.3 is 0 Å². The van der Waals surface area contributed by atoms with Crippen molar-refractivity contribution in [2.45, 2.75) is 6.04 Å². The van der Waals surface area contributed by atoms with Crippen LogP contribution in [0.3, 0.4) is 0 Å². The Kier molecular flexibility index (Phi) is 2.65. The van der Waals surface area contributed by atoms with Crippen LogP contribution in [-0.4, -0.2) is 0 Å². The number of hydrogen-bond donors (Lipinski definition) is 1. The monoisotopic (exact) mass is 217 g/mol. The van der Waals surface area contributed by atoms with E-state index < -0.39 is 0 Å². The van der Waals surface area contributed by atoms with E-state index in [-0.39, 0.29) is 6.04 Å². The van der Waals surface area contributed by atoms with Crippen molar-refractivity contribution in [3.63, 3.8) is 0 Å². The van der Waals surface area contributed by atoms with E-state index in [1.165, 1.54) is 0 Å². The van der Waals surface area contributed by atoms with Crippen LogP contribution < -0.4 is 5.73 Å². The van der Waals surface area contributed by atoms with Gasteiger partial charge in [-0.2, -0.15) is 0 Å².